The van der Waals surface area contributed by atoms with Crippen molar-refractivity contribution in [2.24, 2.45) is 5.92 Å². The first-order valence-corrected chi connectivity index (χ1v) is 9.13. The van der Waals surface area contributed by atoms with E-state index in [0.717, 1.165) is 13.0 Å². The molecule has 0 radical (unpaired) electrons. The van der Waals surface area contributed by atoms with E-state index in [1.54, 1.807) is 0 Å². The molecule has 1 fully saturated rings. The number of carboxylic acids is 1. The number of nitrogens with one attached hydrogen (secondary N) is 4. The number of amides is 3. The van der Waals surface area contributed by atoms with Gasteiger partial charge in [-0.15, -0.1) is 0 Å². The number of carbonyl (C=O) groups excluding carboxylic acids is 3. The molecule has 0 aromatic heterocycles. The second-order valence-corrected chi connectivity index (χ2v) is 7.15. The van der Waals surface area contributed by atoms with Gasteiger partial charge in [-0.2, -0.15) is 0 Å². The lowest BCUT2D eigenvalue weighted by molar-refractivity contribution is -0.143. The predicted molar refractivity (Wildman–Crippen MR) is 96.7 cm³/mol. The van der Waals surface area contributed by atoms with Crippen molar-refractivity contribution in [3.63, 3.8) is 0 Å². The van der Waals surface area contributed by atoms with Crippen LogP contribution >= 0.6 is 0 Å². The number of carboxylic acid groups (broad SMARTS) is 1. The van der Waals surface area contributed by atoms with E-state index < -0.39 is 42.5 Å². The number of carbonyl (C=O) groups is 4. The summed E-state index contributed by atoms with van der Waals surface area (Å²) in [5, 5.41) is 28.2. The molecule has 10 nitrogen and oxygen atoms in total. The monoisotopic (exact) mass is 386 g/mol. The van der Waals surface area contributed by atoms with E-state index in [1.807, 2.05) is 13.8 Å². The lowest BCUT2D eigenvalue weighted by Gasteiger charge is -2.24. The van der Waals surface area contributed by atoms with Crippen molar-refractivity contribution >= 4 is 23.7 Å². The Hall–Kier alpha value is -2.20. The highest BCUT2D eigenvalue weighted by molar-refractivity contribution is 5.94. The summed E-state index contributed by atoms with van der Waals surface area (Å²) in [5.41, 5.74) is 0. The maximum Gasteiger partial charge on any atom is 0.328 e. The molecule has 0 aromatic carbocycles. The van der Waals surface area contributed by atoms with Gasteiger partial charge >= 0.3 is 5.97 Å². The quantitative estimate of drug-likeness (QED) is 0.262. The molecule has 1 heterocycles. The van der Waals surface area contributed by atoms with Gasteiger partial charge in [-0.3, -0.25) is 14.4 Å². The van der Waals surface area contributed by atoms with Gasteiger partial charge in [0.15, 0.2) is 0 Å². The standard InChI is InChI=1S/C17H30N4O6/c1-9(2)7-12(20-15(24)11-5-4-6-18-11)16(25)19-10(3)14(23)21-13(8-22)17(26)27/h9-13,18,22H,4-8H2,1-3H3,(H,19,25)(H,20,24)(H,21,23)(H,26,27). The van der Waals surface area contributed by atoms with Gasteiger partial charge in [0.05, 0.1) is 12.6 Å². The number of hydrogen-bond donors (Lipinski definition) is 6. The normalized spacial score (nSPS) is 19.8. The minimum Gasteiger partial charge on any atom is -0.480 e. The van der Waals surface area contributed by atoms with Crippen LogP contribution in [0.15, 0.2) is 0 Å². The minimum absolute atomic E-state index is 0.132. The summed E-state index contributed by atoms with van der Waals surface area (Å²) in [7, 11) is 0. The summed E-state index contributed by atoms with van der Waals surface area (Å²) in [5.74, 6) is -2.76. The van der Waals surface area contributed by atoms with E-state index in [2.05, 4.69) is 21.3 Å². The largest absolute Gasteiger partial charge is 0.480 e. The van der Waals surface area contributed by atoms with Gasteiger partial charge in [0.2, 0.25) is 17.7 Å². The fraction of sp³-hybridized carbons (Fsp3) is 0.765. The number of aliphatic hydroxyl groups excluding tert-OH is 1. The average molecular weight is 386 g/mol. The molecule has 4 atom stereocenters. The molecule has 1 rings (SSSR count). The molecule has 10 heteroatoms. The molecule has 0 aliphatic carbocycles. The zero-order chi connectivity index (χ0) is 20.6. The lowest BCUT2D eigenvalue weighted by Crippen LogP contribution is -2.56. The molecule has 0 bridgehead atoms. The van der Waals surface area contributed by atoms with Crippen LogP contribution in [0, 0.1) is 5.92 Å². The highest BCUT2D eigenvalue weighted by atomic mass is 16.4. The Kier molecular flexibility index (Phi) is 9.16. The fourth-order valence-electron chi connectivity index (χ4n) is 2.75. The van der Waals surface area contributed by atoms with Crippen LogP contribution in [0.2, 0.25) is 0 Å². The smallest absolute Gasteiger partial charge is 0.328 e. The van der Waals surface area contributed by atoms with Gasteiger partial charge in [-0.25, -0.2) is 4.79 Å². The van der Waals surface area contributed by atoms with Gasteiger partial charge in [-0.1, -0.05) is 13.8 Å². The van der Waals surface area contributed by atoms with Crippen molar-refractivity contribution in [1.29, 1.82) is 0 Å². The number of aliphatic hydroxyl groups is 1. The zero-order valence-corrected chi connectivity index (χ0v) is 15.9. The second kappa shape index (κ2) is 10.8. The van der Waals surface area contributed by atoms with Gasteiger partial charge in [0.25, 0.3) is 0 Å². The molecule has 154 valence electrons. The van der Waals surface area contributed by atoms with Crippen LogP contribution in [-0.2, 0) is 19.2 Å². The summed E-state index contributed by atoms with van der Waals surface area (Å²) < 4.78 is 0. The highest BCUT2D eigenvalue weighted by Gasteiger charge is 2.30. The van der Waals surface area contributed by atoms with Crippen molar-refractivity contribution in [2.75, 3.05) is 13.2 Å². The van der Waals surface area contributed by atoms with E-state index in [-0.39, 0.29) is 17.9 Å². The Balaban J connectivity index is 2.67. The van der Waals surface area contributed by atoms with Crippen LogP contribution in [0.4, 0.5) is 0 Å². The molecule has 1 saturated heterocycles. The van der Waals surface area contributed by atoms with Crippen molar-refractivity contribution in [1.82, 2.24) is 21.3 Å². The first-order chi connectivity index (χ1) is 12.6. The molecular formula is C17H30N4O6. The topological polar surface area (TPSA) is 157 Å². The zero-order valence-electron chi connectivity index (χ0n) is 15.9. The Bertz CT molecular complexity index is 548. The Labute approximate surface area is 158 Å². The van der Waals surface area contributed by atoms with E-state index in [1.165, 1.54) is 6.92 Å². The molecule has 3 amide bonds. The maximum absolute atomic E-state index is 12.5. The summed E-state index contributed by atoms with van der Waals surface area (Å²) in [6.07, 6.45) is 2.00. The summed E-state index contributed by atoms with van der Waals surface area (Å²) >= 11 is 0. The summed E-state index contributed by atoms with van der Waals surface area (Å²) in [4.78, 5) is 47.7. The average Bonchev–Trinajstić information content (AvgIpc) is 3.12. The van der Waals surface area contributed by atoms with Crippen LogP contribution in [0.3, 0.4) is 0 Å². The van der Waals surface area contributed by atoms with Crippen LogP contribution in [0.1, 0.15) is 40.0 Å². The lowest BCUT2D eigenvalue weighted by atomic mass is 10.0. The minimum atomic E-state index is -1.45. The predicted octanol–water partition coefficient (Wildman–Crippen LogP) is -1.66. The first-order valence-electron chi connectivity index (χ1n) is 9.13. The Morgan fingerprint density at radius 3 is 2.19 bits per heavy atom. The third kappa shape index (κ3) is 7.51. The van der Waals surface area contributed by atoms with E-state index >= 15 is 0 Å². The van der Waals surface area contributed by atoms with Crippen LogP contribution in [0.25, 0.3) is 0 Å². The highest BCUT2D eigenvalue weighted by Crippen LogP contribution is 2.09. The van der Waals surface area contributed by atoms with Crippen LogP contribution in [0.5, 0.6) is 0 Å². The molecule has 0 spiro atoms. The molecule has 4 unspecified atom stereocenters. The van der Waals surface area contributed by atoms with Gasteiger partial charge in [-0.05, 0) is 38.6 Å². The van der Waals surface area contributed by atoms with Crippen molar-refractivity contribution in [3.8, 4) is 0 Å². The molecule has 1 aliphatic heterocycles. The van der Waals surface area contributed by atoms with Crippen LogP contribution in [-0.4, -0.2) is 71.2 Å². The first kappa shape index (κ1) is 22.8. The van der Waals surface area contributed by atoms with Crippen molar-refractivity contribution < 1.29 is 29.4 Å². The van der Waals surface area contributed by atoms with Crippen molar-refractivity contribution in [2.45, 2.75) is 64.2 Å². The van der Waals surface area contributed by atoms with E-state index in [9.17, 15) is 19.2 Å². The Morgan fingerprint density at radius 2 is 1.70 bits per heavy atom. The maximum atomic E-state index is 12.5. The van der Waals surface area contributed by atoms with E-state index in [4.69, 9.17) is 10.2 Å². The molecule has 0 saturated carbocycles. The number of rotatable bonds is 10. The third-order valence-corrected chi connectivity index (χ3v) is 4.27. The Morgan fingerprint density at radius 1 is 1.04 bits per heavy atom. The van der Waals surface area contributed by atoms with Gasteiger partial charge < -0.3 is 31.5 Å². The van der Waals surface area contributed by atoms with Gasteiger partial charge in [0.1, 0.15) is 18.1 Å². The molecule has 6 N–H and O–H groups in total. The fourth-order valence-corrected chi connectivity index (χ4v) is 2.75. The van der Waals surface area contributed by atoms with Crippen molar-refractivity contribution in [3.05, 3.63) is 0 Å². The molecule has 1 aliphatic rings. The summed E-state index contributed by atoms with van der Waals surface area (Å²) in [6, 6.07) is -3.60. The molecule has 27 heavy (non-hydrogen) atoms. The van der Waals surface area contributed by atoms with Gasteiger partial charge in [0, 0.05) is 0 Å². The van der Waals surface area contributed by atoms with E-state index in [0.29, 0.717) is 12.8 Å². The van der Waals surface area contributed by atoms with Crippen LogP contribution < -0.4 is 21.3 Å². The SMILES string of the molecule is CC(C)CC(NC(=O)C1CCCN1)C(=O)NC(C)C(=O)NC(CO)C(=O)O. The third-order valence-electron chi connectivity index (χ3n) is 4.27. The molecule has 0 aromatic rings. The molecular weight excluding hydrogens is 356 g/mol. The summed E-state index contributed by atoms with van der Waals surface area (Å²) in [6.45, 7) is 5.22. The second-order valence-electron chi connectivity index (χ2n) is 7.15. The number of hydrogen-bond acceptors (Lipinski definition) is 6. The number of aliphatic carboxylic acids is 1.